The van der Waals surface area contributed by atoms with E-state index in [0.717, 1.165) is 11.1 Å². The summed E-state index contributed by atoms with van der Waals surface area (Å²) < 4.78 is 0. The molecule has 0 aliphatic heterocycles. The van der Waals surface area contributed by atoms with Crippen LogP contribution in [-0.2, 0) is 4.79 Å². The Morgan fingerprint density at radius 3 is 2.67 bits per heavy atom. The van der Waals surface area contributed by atoms with Gasteiger partial charge in [0.1, 0.15) is 0 Å². The molecule has 2 N–H and O–H groups in total. The van der Waals surface area contributed by atoms with Gasteiger partial charge in [-0.05, 0) is 25.0 Å². The molecule has 1 aromatic rings. The smallest absolute Gasteiger partial charge is 0.216 e. The number of hydrogen-bond acceptors (Lipinski definition) is 2. The first-order valence-electron chi connectivity index (χ1n) is 5.00. The van der Waals surface area contributed by atoms with Crippen LogP contribution >= 0.6 is 0 Å². The third kappa shape index (κ3) is 3.36. The van der Waals surface area contributed by atoms with E-state index >= 15 is 0 Å². The highest BCUT2D eigenvalue weighted by atomic mass is 16.3. The maximum Gasteiger partial charge on any atom is 0.216 e. The highest BCUT2D eigenvalue weighted by Gasteiger charge is 2.10. The first kappa shape index (κ1) is 11.7. The molecule has 0 spiro atoms. The third-order valence-electron chi connectivity index (χ3n) is 2.33. The molecule has 0 heterocycles. The highest BCUT2D eigenvalue weighted by Crippen LogP contribution is 2.18. The number of aliphatic hydroxyl groups is 1. The van der Waals surface area contributed by atoms with E-state index in [-0.39, 0.29) is 12.5 Å². The van der Waals surface area contributed by atoms with Crippen molar-refractivity contribution in [2.24, 2.45) is 0 Å². The van der Waals surface area contributed by atoms with Crippen LogP contribution in [0.5, 0.6) is 0 Å². The van der Waals surface area contributed by atoms with Crippen molar-refractivity contribution in [2.75, 3.05) is 6.54 Å². The van der Waals surface area contributed by atoms with Gasteiger partial charge in [-0.3, -0.25) is 4.79 Å². The monoisotopic (exact) mass is 207 g/mol. The lowest BCUT2D eigenvalue weighted by Gasteiger charge is -2.14. The highest BCUT2D eigenvalue weighted by molar-refractivity contribution is 5.72. The van der Waals surface area contributed by atoms with Crippen molar-refractivity contribution in [1.29, 1.82) is 0 Å². The normalized spacial score (nSPS) is 12.3. The fourth-order valence-electron chi connectivity index (χ4n) is 1.55. The van der Waals surface area contributed by atoms with Crippen molar-refractivity contribution in [2.45, 2.75) is 26.9 Å². The van der Waals surface area contributed by atoms with Gasteiger partial charge in [-0.15, -0.1) is 0 Å². The van der Waals surface area contributed by atoms with Gasteiger partial charge in [0, 0.05) is 13.5 Å². The maximum atomic E-state index is 10.7. The summed E-state index contributed by atoms with van der Waals surface area (Å²) in [4.78, 5) is 10.7. The second kappa shape index (κ2) is 4.94. The predicted molar refractivity (Wildman–Crippen MR) is 59.6 cm³/mol. The fourth-order valence-corrected chi connectivity index (χ4v) is 1.55. The summed E-state index contributed by atoms with van der Waals surface area (Å²) in [6.45, 7) is 5.67. The van der Waals surface area contributed by atoms with Crippen LogP contribution in [0.2, 0.25) is 0 Å². The minimum atomic E-state index is -0.630. The molecule has 0 saturated carbocycles. The summed E-state index contributed by atoms with van der Waals surface area (Å²) in [5, 5.41) is 12.4. The summed E-state index contributed by atoms with van der Waals surface area (Å²) in [7, 11) is 0. The van der Waals surface area contributed by atoms with Gasteiger partial charge in [-0.25, -0.2) is 0 Å². The molecule has 1 unspecified atom stereocenters. The molecule has 0 bridgehead atoms. The number of hydrogen-bond donors (Lipinski definition) is 2. The molecule has 0 aromatic heterocycles. The molecule has 82 valence electrons. The van der Waals surface area contributed by atoms with Crippen LogP contribution in [0.15, 0.2) is 18.2 Å². The van der Waals surface area contributed by atoms with Crippen LogP contribution in [0.25, 0.3) is 0 Å². The summed E-state index contributed by atoms with van der Waals surface area (Å²) in [5.74, 6) is -0.126. The van der Waals surface area contributed by atoms with Crippen LogP contribution in [0, 0.1) is 13.8 Å². The Hall–Kier alpha value is -1.35. The molecular formula is C12H17NO2. The Morgan fingerprint density at radius 1 is 1.47 bits per heavy atom. The molecule has 0 radical (unpaired) electrons. The number of amides is 1. The molecule has 0 fully saturated rings. The number of nitrogens with one attached hydrogen (secondary N) is 1. The minimum Gasteiger partial charge on any atom is -0.387 e. The molecule has 1 amide bonds. The SMILES string of the molecule is CC(=O)NCC(O)c1ccc(C)cc1C. The zero-order chi connectivity index (χ0) is 11.4. The molecule has 0 saturated heterocycles. The van der Waals surface area contributed by atoms with Crippen molar-refractivity contribution < 1.29 is 9.90 Å². The number of carbonyl (C=O) groups excluding carboxylic acids is 1. The average Bonchev–Trinajstić information content (AvgIpc) is 2.14. The Balaban J connectivity index is 2.73. The molecule has 1 atom stereocenters. The van der Waals surface area contributed by atoms with Gasteiger partial charge in [-0.1, -0.05) is 23.8 Å². The van der Waals surface area contributed by atoms with E-state index in [1.165, 1.54) is 12.5 Å². The molecule has 0 aliphatic rings. The van der Waals surface area contributed by atoms with Crippen LogP contribution in [0.4, 0.5) is 0 Å². The number of aliphatic hydroxyl groups excluding tert-OH is 1. The third-order valence-corrected chi connectivity index (χ3v) is 2.33. The Morgan fingerprint density at radius 2 is 2.13 bits per heavy atom. The van der Waals surface area contributed by atoms with Gasteiger partial charge in [0.05, 0.1) is 6.10 Å². The zero-order valence-electron chi connectivity index (χ0n) is 9.37. The van der Waals surface area contributed by atoms with E-state index in [9.17, 15) is 9.90 Å². The quantitative estimate of drug-likeness (QED) is 0.788. The van der Waals surface area contributed by atoms with Crippen LogP contribution in [0.3, 0.4) is 0 Å². The summed E-state index contributed by atoms with van der Waals surface area (Å²) in [6.07, 6.45) is -0.630. The second-order valence-corrected chi connectivity index (χ2v) is 3.81. The lowest BCUT2D eigenvalue weighted by Crippen LogP contribution is -2.26. The van der Waals surface area contributed by atoms with Crippen molar-refractivity contribution >= 4 is 5.91 Å². The van der Waals surface area contributed by atoms with Gasteiger partial charge < -0.3 is 10.4 Å². The van der Waals surface area contributed by atoms with Crippen LogP contribution in [0.1, 0.15) is 29.7 Å². The first-order chi connectivity index (χ1) is 7.00. The molecule has 1 rings (SSSR count). The number of carbonyl (C=O) groups is 1. The fraction of sp³-hybridized carbons (Fsp3) is 0.417. The van der Waals surface area contributed by atoms with E-state index < -0.39 is 6.10 Å². The largest absolute Gasteiger partial charge is 0.387 e. The minimum absolute atomic E-state index is 0.126. The van der Waals surface area contributed by atoms with E-state index in [0.29, 0.717) is 0 Å². The average molecular weight is 207 g/mol. The molecule has 1 aromatic carbocycles. The van der Waals surface area contributed by atoms with Gasteiger partial charge in [-0.2, -0.15) is 0 Å². The zero-order valence-corrected chi connectivity index (χ0v) is 9.37. The topological polar surface area (TPSA) is 49.3 Å². The molecule has 15 heavy (non-hydrogen) atoms. The lowest BCUT2D eigenvalue weighted by molar-refractivity contribution is -0.119. The number of benzene rings is 1. The van der Waals surface area contributed by atoms with Crippen LogP contribution in [-0.4, -0.2) is 17.6 Å². The van der Waals surface area contributed by atoms with Gasteiger partial charge in [0.15, 0.2) is 0 Å². The number of rotatable bonds is 3. The summed E-state index contributed by atoms with van der Waals surface area (Å²) >= 11 is 0. The second-order valence-electron chi connectivity index (χ2n) is 3.81. The number of aryl methyl sites for hydroxylation is 2. The van der Waals surface area contributed by atoms with Crippen molar-refractivity contribution in [3.63, 3.8) is 0 Å². The summed E-state index contributed by atoms with van der Waals surface area (Å²) in [5.41, 5.74) is 3.09. The van der Waals surface area contributed by atoms with Crippen LogP contribution < -0.4 is 5.32 Å². The van der Waals surface area contributed by atoms with E-state index in [1.54, 1.807) is 0 Å². The van der Waals surface area contributed by atoms with E-state index in [4.69, 9.17) is 0 Å². The Bertz CT molecular complexity index is 361. The Labute approximate surface area is 90.1 Å². The van der Waals surface area contributed by atoms with Gasteiger partial charge in [0.25, 0.3) is 0 Å². The lowest BCUT2D eigenvalue weighted by atomic mass is 10.0. The predicted octanol–water partition coefficient (Wildman–Crippen LogP) is 1.47. The maximum absolute atomic E-state index is 10.7. The standard InChI is InChI=1S/C12H17NO2/c1-8-4-5-11(9(2)6-8)12(15)7-13-10(3)14/h4-6,12,15H,7H2,1-3H3,(H,13,14). The molecule has 0 aliphatic carbocycles. The van der Waals surface area contributed by atoms with E-state index in [1.807, 2.05) is 32.0 Å². The molecule has 3 nitrogen and oxygen atoms in total. The van der Waals surface area contributed by atoms with E-state index in [2.05, 4.69) is 5.32 Å². The van der Waals surface area contributed by atoms with Gasteiger partial charge >= 0.3 is 0 Å². The van der Waals surface area contributed by atoms with Gasteiger partial charge in [0.2, 0.25) is 5.91 Å². The van der Waals surface area contributed by atoms with Crippen molar-refractivity contribution in [1.82, 2.24) is 5.32 Å². The summed E-state index contributed by atoms with van der Waals surface area (Å²) in [6, 6.07) is 5.88. The molecular weight excluding hydrogens is 190 g/mol. The van der Waals surface area contributed by atoms with Crippen molar-refractivity contribution in [3.8, 4) is 0 Å². The first-order valence-corrected chi connectivity index (χ1v) is 5.00. The Kier molecular flexibility index (Phi) is 3.86. The molecule has 3 heteroatoms. The van der Waals surface area contributed by atoms with Crippen molar-refractivity contribution in [3.05, 3.63) is 34.9 Å².